The van der Waals surface area contributed by atoms with Gasteiger partial charge in [-0.05, 0) is 52.0 Å². The summed E-state index contributed by atoms with van der Waals surface area (Å²) in [7, 11) is 3.19. The van der Waals surface area contributed by atoms with Gasteiger partial charge in [-0.25, -0.2) is 4.98 Å². The molecule has 1 amide bonds. The first kappa shape index (κ1) is 23.8. The number of hydrogen-bond donors (Lipinski definition) is 1. The number of amides is 1. The lowest BCUT2D eigenvalue weighted by Crippen LogP contribution is -2.21. The van der Waals surface area contributed by atoms with Crippen LogP contribution in [-0.2, 0) is 22.9 Å². The highest BCUT2D eigenvalue weighted by Gasteiger charge is 2.22. The van der Waals surface area contributed by atoms with E-state index in [9.17, 15) is 4.79 Å². The predicted octanol–water partition coefficient (Wildman–Crippen LogP) is 5.37. The first-order chi connectivity index (χ1) is 15.6. The van der Waals surface area contributed by atoms with E-state index in [2.05, 4.69) is 26.2 Å². The average molecular weight is 517 g/mol. The minimum absolute atomic E-state index is 0.128. The van der Waals surface area contributed by atoms with Gasteiger partial charge in [-0.3, -0.25) is 9.36 Å². The van der Waals surface area contributed by atoms with Gasteiger partial charge in [0.2, 0.25) is 5.28 Å². The number of imidazole rings is 1. The second-order valence-corrected chi connectivity index (χ2v) is 7.58. The summed E-state index contributed by atoms with van der Waals surface area (Å²) in [6.45, 7) is 0.527. The number of likely N-dealkylation sites (N-methyl/N-ethyl adjacent to an activating group) is 1. The molecule has 1 heterocycles. The van der Waals surface area contributed by atoms with Gasteiger partial charge in [0, 0.05) is 7.05 Å². The number of nitrogens with zero attached hydrogens (tertiary/aromatic N) is 2. The Bertz CT molecular complexity index is 1110. The van der Waals surface area contributed by atoms with Crippen LogP contribution in [0.4, 0.5) is 0 Å². The molecule has 1 N–H and O–H groups in total. The van der Waals surface area contributed by atoms with Crippen LogP contribution in [0.2, 0.25) is 5.28 Å². The van der Waals surface area contributed by atoms with E-state index in [4.69, 9.17) is 21.1 Å². The van der Waals surface area contributed by atoms with Gasteiger partial charge in [0.1, 0.15) is 12.5 Å². The SMILES string of the molecule is CNC(=O)/C(=C/c1ccc(OC)cc1)c1c(/C=C\Br)nc(Cl)n1COCc1ccccc1. The van der Waals surface area contributed by atoms with Crippen LogP contribution in [0.15, 0.2) is 59.6 Å². The van der Waals surface area contributed by atoms with E-state index in [1.807, 2.05) is 54.6 Å². The van der Waals surface area contributed by atoms with Crippen LogP contribution < -0.4 is 10.1 Å². The fourth-order valence-corrected chi connectivity index (χ4v) is 3.57. The number of carbonyl (C=O) groups is 1. The van der Waals surface area contributed by atoms with Crippen LogP contribution in [-0.4, -0.2) is 29.6 Å². The zero-order chi connectivity index (χ0) is 22.9. The fourth-order valence-electron chi connectivity index (χ4n) is 3.09. The molecule has 32 heavy (non-hydrogen) atoms. The number of nitrogens with one attached hydrogen (secondary N) is 1. The molecule has 3 aromatic rings. The van der Waals surface area contributed by atoms with Gasteiger partial charge in [-0.15, -0.1) is 0 Å². The summed E-state index contributed by atoms with van der Waals surface area (Å²) in [6.07, 6.45) is 3.52. The van der Waals surface area contributed by atoms with Gasteiger partial charge in [-0.2, -0.15) is 0 Å². The molecule has 0 atom stereocenters. The molecule has 0 aliphatic heterocycles. The third-order valence-electron chi connectivity index (χ3n) is 4.65. The molecule has 0 aliphatic carbocycles. The topological polar surface area (TPSA) is 65.4 Å². The van der Waals surface area contributed by atoms with Gasteiger partial charge in [0.25, 0.3) is 5.91 Å². The zero-order valence-corrected chi connectivity index (χ0v) is 20.1. The number of benzene rings is 2. The summed E-state index contributed by atoms with van der Waals surface area (Å²) in [5.41, 5.74) is 3.35. The lowest BCUT2D eigenvalue weighted by atomic mass is 10.0. The maximum absolute atomic E-state index is 12.9. The Morgan fingerprint density at radius 1 is 1.19 bits per heavy atom. The highest BCUT2D eigenvalue weighted by atomic mass is 79.9. The number of halogens is 2. The summed E-state index contributed by atoms with van der Waals surface area (Å²) >= 11 is 9.73. The van der Waals surface area contributed by atoms with E-state index in [0.29, 0.717) is 23.6 Å². The summed E-state index contributed by atoms with van der Waals surface area (Å²) in [5.74, 6) is 0.458. The van der Waals surface area contributed by atoms with Crippen LogP contribution in [0.1, 0.15) is 22.5 Å². The van der Waals surface area contributed by atoms with Gasteiger partial charge in [-0.1, -0.05) is 58.4 Å². The molecule has 8 heteroatoms. The quantitative estimate of drug-likeness (QED) is 0.388. The van der Waals surface area contributed by atoms with Crippen LogP contribution >= 0.6 is 27.5 Å². The van der Waals surface area contributed by atoms with E-state index in [0.717, 1.165) is 16.9 Å². The zero-order valence-electron chi connectivity index (χ0n) is 17.7. The van der Waals surface area contributed by atoms with Crippen molar-refractivity contribution in [3.63, 3.8) is 0 Å². The van der Waals surface area contributed by atoms with E-state index in [1.165, 1.54) is 0 Å². The highest BCUT2D eigenvalue weighted by molar-refractivity contribution is 9.11. The molecule has 1 aromatic heterocycles. The van der Waals surface area contributed by atoms with Gasteiger partial charge < -0.3 is 14.8 Å². The van der Waals surface area contributed by atoms with Crippen molar-refractivity contribution in [2.24, 2.45) is 0 Å². The van der Waals surface area contributed by atoms with Crippen molar-refractivity contribution in [2.45, 2.75) is 13.3 Å². The van der Waals surface area contributed by atoms with Crippen LogP contribution in [0.5, 0.6) is 5.75 Å². The maximum atomic E-state index is 12.9. The first-order valence-corrected chi connectivity index (χ1v) is 11.1. The normalized spacial score (nSPS) is 11.7. The molecule has 166 valence electrons. The van der Waals surface area contributed by atoms with Crippen molar-refractivity contribution in [3.8, 4) is 5.75 Å². The van der Waals surface area contributed by atoms with Gasteiger partial charge >= 0.3 is 0 Å². The molecular formula is C24H23BrClN3O3. The molecule has 0 saturated carbocycles. The monoisotopic (exact) mass is 515 g/mol. The molecule has 0 spiro atoms. The Hall–Kier alpha value is -2.87. The second-order valence-electron chi connectivity index (χ2n) is 6.71. The molecular weight excluding hydrogens is 494 g/mol. The lowest BCUT2D eigenvalue weighted by molar-refractivity contribution is -0.115. The Balaban J connectivity index is 2.01. The molecule has 0 radical (unpaired) electrons. The second kappa shape index (κ2) is 11.7. The standard InChI is InChI=1S/C24H23BrClN3O3/c1-27-23(30)20(14-17-8-10-19(31-2)11-9-17)22-21(12-13-25)28-24(26)29(22)16-32-15-18-6-4-3-5-7-18/h3-14H,15-16H2,1-2H3,(H,27,30)/b13-12-,20-14+. The minimum Gasteiger partial charge on any atom is -0.497 e. The van der Waals surface area contributed by atoms with E-state index >= 15 is 0 Å². The van der Waals surface area contributed by atoms with Crippen LogP contribution in [0.3, 0.4) is 0 Å². The van der Waals surface area contributed by atoms with E-state index in [1.54, 1.807) is 35.9 Å². The Labute approximate surface area is 200 Å². The average Bonchev–Trinajstić information content (AvgIpc) is 3.12. The third-order valence-corrected chi connectivity index (χ3v) is 5.21. The summed E-state index contributed by atoms with van der Waals surface area (Å²) in [4.78, 5) is 19.0. The van der Waals surface area contributed by atoms with Gasteiger partial charge in [0.05, 0.1) is 30.7 Å². The molecule has 0 saturated heterocycles. The number of rotatable bonds is 9. The molecule has 2 aromatic carbocycles. The van der Waals surface area contributed by atoms with Crippen molar-refractivity contribution in [2.75, 3.05) is 14.2 Å². The van der Waals surface area contributed by atoms with Crippen LogP contribution in [0, 0.1) is 0 Å². The number of carbonyl (C=O) groups excluding carboxylic acids is 1. The Kier molecular flexibility index (Phi) is 8.67. The molecule has 0 fully saturated rings. The molecule has 0 unspecified atom stereocenters. The molecule has 0 bridgehead atoms. The van der Waals surface area contributed by atoms with Crippen molar-refractivity contribution in [1.29, 1.82) is 0 Å². The smallest absolute Gasteiger partial charge is 0.253 e. The number of hydrogen-bond acceptors (Lipinski definition) is 4. The van der Waals surface area contributed by atoms with Gasteiger partial charge in [0.15, 0.2) is 0 Å². The minimum atomic E-state index is -0.272. The lowest BCUT2D eigenvalue weighted by Gasteiger charge is -2.14. The number of ether oxygens (including phenoxy) is 2. The molecule has 3 rings (SSSR count). The third kappa shape index (κ3) is 5.88. The first-order valence-electron chi connectivity index (χ1n) is 9.80. The number of aromatic nitrogens is 2. The Morgan fingerprint density at radius 2 is 1.91 bits per heavy atom. The largest absolute Gasteiger partial charge is 0.497 e. The summed E-state index contributed by atoms with van der Waals surface area (Å²) < 4.78 is 12.8. The number of methoxy groups -OCH3 is 1. The van der Waals surface area contributed by atoms with E-state index < -0.39 is 0 Å². The maximum Gasteiger partial charge on any atom is 0.253 e. The van der Waals surface area contributed by atoms with Crippen molar-refractivity contribution in [3.05, 3.63) is 87.4 Å². The fraction of sp³-hybridized carbons (Fsp3) is 0.167. The summed E-state index contributed by atoms with van der Waals surface area (Å²) in [5, 5.41) is 2.92. The molecule has 0 aliphatic rings. The predicted molar refractivity (Wildman–Crippen MR) is 131 cm³/mol. The molecule has 6 nitrogen and oxygen atoms in total. The van der Waals surface area contributed by atoms with Crippen LogP contribution in [0.25, 0.3) is 17.7 Å². The van der Waals surface area contributed by atoms with Crippen molar-refractivity contribution in [1.82, 2.24) is 14.9 Å². The van der Waals surface area contributed by atoms with Crippen molar-refractivity contribution < 1.29 is 14.3 Å². The Morgan fingerprint density at radius 3 is 2.53 bits per heavy atom. The summed E-state index contributed by atoms with van der Waals surface area (Å²) in [6, 6.07) is 17.2. The highest BCUT2D eigenvalue weighted by Crippen LogP contribution is 2.28. The van der Waals surface area contributed by atoms with E-state index in [-0.39, 0.29) is 17.9 Å². The van der Waals surface area contributed by atoms with Crippen molar-refractivity contribution >= 4 is 51.2 Å².